The number of carbonyl (C=O) groups excluding carboxylic acids is 2. The number of rotatable bonds is 31. The van der Waals surface area contributed by atoms with Gasteiger partial charge >= 0.3 is 11.9 Å². The normalized spacial score (nSPS) is 11.1. The molecule has 0 N–H and O–H groups in total. The van der Waals surface area contributed by atoms with Gasteiger partial charge in [0.2, 0.25) is 5.75 Å². The van der Waals surface area contributed by atoms with Crippen molar-refractivity contribution in [1.82, 2.24) is 0 Å². The van der Waals surface area contributed by atoms with Crippen molar-refractivity contribution in [3.8, 4) is 65.1 Å². The van der Waals surface area contributed by atoms with E-state index in [1.54, 1.807) is 46.9 Å². The third-order valence-corrected chi connectivity index (χ3v) is 14.0. The Labute approximate surface area is 412 Å². The first-order valence-corrected chi connectivity index (χ1v) is 26.7. The molecule has 6 rings (SSSR count). The summed E-state index contributed by atoms with van der Waals surface area (Å²) >= 11 is 3.42. The molecule has 0 atom stereocenters. The van der Waals surface area contributed by atoms with E-state index >= 15 is 0 Å². The van der Waals surface area contributed by atoms with E-state index in [-0.39, 0.29) is 0 Å². The van der Waals surface area contributed by atoms with Crippen molar-refractivity contribution in [2.45, 2.75) is 130 Å². The Morgan fingerprint density at radius 2 is 0.735 bits per heavy atom. The molecule has 10 heteroatoms. The molecule has 0 saturated heterocycles. The average molecular weight is 959 g/mol. The van der Waals surface area contributed by atoms with Gasteiger partial charge in [-0.1, -0.05) is 105 Å². The van der Waals surface area contributed by atoms with Gasteiger partial charge in [-0.15, -0.1) is 22.7 Å². The van der Waals surface area contributed by atoms with Gasteiger partial charge in [0.1, 0.15) is 17.2 Å². The SMILES string of the molecule is CCCCCCOc1ccc(C(=O)Oc2ccc(-c3ccc(-c4ccc(-c5ccc(OC(=O)c6cc(OCCCCCC)c(OCCCCCC)c(OCCCCCC)c6)cc5)s4)s3)cc2)cc1. The highest BCUT2D eigenvalue weighted by atomic mass is 32.1. The summed E-state index contributed by atoms with van der Waals surface area (Å²) in [4.78, 5) is 31.2. The Bertz CT molecular complexity index is 2360. The summed E-state index contributed by atoms with van der Waals surface area (Å²) in [5.41, 5.74) is 2.90. The third kappa shape index (κ3) is 16.3. The number of ether oxygens (including phenoxy) is 6. The molecule has 0 unspecified atom stereocenters. The first-order valence-electron chi connectivity index (χ1n) is 25.0. The molecule has 2 heterocycles. The van der Waals surface area contributed by atoms with Crippen molar-refractivity contribution >= 4 is 34.6 Å². The second-order valence-electron chi connectivity index (χ2n) is 17.1. The first-order chi connectivity index (χ1) is 33.4. The zero-order chi connectivity index (χ0) is 47.8. The molecule has 0 saturated carbocycles. The van der Waals surface area contributed by atoms with Gasteiger partial charge in [0.15, 0.2) is 11.5 Å². The highest BCUT2D eigenvalue weighted by Gasteiger charge is 2.21. The number of unbranched alkanes of at least 4 members (excludes halogenated alkanes) is 12. The minimum atomic E-state index is -0.485. The highest BCUT2D eigenvalue weighted by Crippen LogP contribution is 2.42. The summed E-state index contributed by atoms with van der Waals surface area (Å²) in [6.45, 7) is 11.1. The predicted molar refractivity (Wildman–Crippen MR) is 280 cm³/mol. The zero-order valence-corrected chi connectivity index (χ0v) is 42.2. The summed E-state index contributed by atoms with van der Waals surface area (Å²) in [6.07, 6.45) is 17.5. The van der Waals surface area contributed by atoms with Crippen molar-refractivity contribution < 1.29 is 38.0 Å². The lowest BCUT2D eigenvalue weighted by atomic mass is 10.1. The second-order valence-corrected chi connectivity index (χ2v) is 19.3. The van der Waals surface area contributed by atoms with E-state index in [1.165, 1.54) is 12.8 Å². The van der Waals surface area contributed by atoms with E-state index in [0.29, 0.717) is 66.3 Å². The summed E-state index contributed by atoms with van der Waals surface area (Å²) in [6, 6.07) is 34.4. The molecule has 0 radical (unpaired) electrons. The van der Waals surface area contributed by atoms with Crippen LogP contribution in [0, 0.1) is 0 Å². The lowest BCUT2D eigenvalue weighted by Gasteiger charge is -2.19. The Morgan fingerprint density at radius 3 is 1.16 bits per heavy atom. The molecular weight excluding hydrogens is 889 g/mol. The molecule has 0 aliphatic carbocycles. The fourth-order valence-electron chi connectivity index (χ4n) is 7.54. The first kappa shape index (κ1) is 51.8. The second kappa shape index (κ2) is 28.7. The monoisotopic (exact) mass is 958 g/mol. The van der Waals surface area contributed by atoms with Crippen molar-refractivity contribution in [3.63, 3.8) is 0 Å². The highest BCUT2D eigenvalue weighted by molar-refractivity contribution is 7.25. The van der Waals surface area contributed by atoms with Crippen LogP contribution in [0.5, 0.6) is 34.5 Å². The number of hydrogen-bond donors (Lipinski definition) is 0. The van der Waals surface area contributed by atoms with Crippen LogP contribution < -0.4 is 28.4 Å². The zero-order valence-electron chi connectivity index (χ0n) is 40.6. The largest absolute Gasteiger partial charge is 0.494 e. The van der Waals surface area contributed by atoms with Crippen LogP contribution >= 0.6 is 22.7 Å². The van der Waals surface area contributed by atoms with Gasteiger partial charge in [0, 0.05) is 19.5 Å². The van der Waals surface area contributed by atoms with Crippen LogP contribution in [-0.4, -0.2) is 38.4 Å². The van der Waals surface area contributed by atoms with Crippen molar-refractivity contribution in [2.24, 2.45) is 0 Å². The molecule has 0 aliphatic heterocycles. The molecule has 8 nitrogen and oxygen atoms in total. The maximum atomic E-state index is 13.8. The van der Waals surface area contributed by atoms with Gasteiger partial charge in [0.25, 0.3) is 0 Å². The van der Waals surface area contributed by atoms with Crippen LogP contribution in [0.3, 0.4) is 0 Å². The Hall–Kier alpha value is -5.58. The fourth-order valence-corrected chi connectivity index (χ4v) is 9.65. The standard InChI is InChI=1S/C58H70O8S2/c1-5-9-13-17-37-61-47-27-25-45(26-28-47)57(59)65-48-29-21-43(22-30-48)52-33-35-54(67-52)55-36-34-53(68-55)44-23-31-49(32-24-44)66-58(60)46-41-50(62-38-18-14-10-6-2)56(64-40-20-16-12-8-4)51(42-46)63-39-19-15-11-7-3/h21-36,41-42H,5-20,37-40H2,1-4H3. The third-order valence-electron chi connectivity index (χ3n) is 11.5. The van der Waals surface area contributed by atoms with Gasteiger partial charge in [-0.2, -0.15) is 0 Å². The van der Waals surface area contributed by atoms with Crippen LogP contribution in [0.4, 0.5) is 0 Å². The minimum Gasteiger partial charge on any atom is -0.494 e. The van der Waals surface area contributed by atoms with Crippen LogP contribution in [0.2, 0.25) is 0 Å². The number of esters is 2. The van der Waals surface area contributed by atoms with Gasteiger partial charge in [-0.3, -0.25) is 0 Å². The quantitative estimate of drug-likeness (QED) is 0.0242. The van der Waals surface area contributed by atoms with Crippen molar-refractivity contribution in [2.75, 3.05) is 26.4 Å². The molecule has 0 fully saturated rings. The van der Waals surface area contributed by atoms with E-state index in [1.807, 2.05) is 60.7 Å². The Balaban J connectivity index is 1.06. The number of thiophene rings is 2. The van der Waals surface area contributed by atoms with Gasteiger partial charge in [-0.05, 0) is 146 Å². The molecule has 362 valence electrons. The van der Waals surface area contributed by atoms with E-state index in [2.05, 4.69) is 52.0 Å². The van der Waals surface area contributed by atoms with Gasteiger partial charge in [0.05, 0.1) is 37.6 Å². The molecule has 4 aromatic carbocycles. The molecule has 0 bridgehead atoms. The molecule has 6 aromatic rings. The predicted octanol–water partition coefficient (Wildman–Crippen LogP) is 17.1. The minimum absolute atomic E-state index is 0.355. The fraction of sp³-hybridized carbons (Fsp3) is 0.414. The van der Waals surface area contributed by atoms with Crippen LogP contribution in [-0.2, 0) is 0 Å². The van der Waals surface area contributed by atoms with Crippen molar-refractivity contribution in [3.05, 3.63) is 120 Å². The van der Waals surface area contributed by atoms with Gasteiger partial charge in [-0.25, -0.2) is 9.59 Å². The Morgan fingerprint density at radius 1 is 0.368 bits per heavy atom. The van der Waals surface area contributed by atoms with E-state index in [0.717, 1.165) is 126 Å². The molecule has 0 amide bonds. The molecule has 0 spiro atoms. The summed E-state index contributed by atoms with van der Waals surface area (Å²) in [7, 11) is 0. The lowest BCUT2D eigenvalue weighted by Crippen LogP contribution is -2.12. The van der Waals surface area contributed by atoms with Crippen LogP contribution in [0.15, 0.2) is 109 Å². The molecule has 68 heavy (non-hydrogen) atoms. The summed E-state index contributed by atoms with van der Waals surface area (Å²) < 4.78 is 36.5. The van der Waals surface area contributed by atoms with Crippen LogP contribution in [0.25, 0.3) is 30.6 Å². The number of carbonyl (C=O) groups is 2. The van der Waals surface area contributed by atoms with E-state index < -0.39 is 11.9 Å². The maximum Gasteiger partial charge on any atom is 0.343 e. The molecular formula is C58H70O8S2. The Kier molecular flexibility index (Phi) is 21.8. The maximum absolute atomic E-state index is 13.8. The number of benzene rings is 4. The molecule has 2 aromatic heterocycles. The summed E-state index contributed by atoms with van der Waals surface area (Å²) in [5.74, 6) is 2.40. The number of hydrogen-bond acceptors (Lipinski definition) is 10. The molecule has 0 aliphatic rings. The topological polar surface area (TPSA) is 89.5 Å². The van der Waals surface area contributed by atoms with Crippen molar-refractivity contribution in [1.29, 1.82) is 0 Å². The summed E-state index contributed by atoms with van der Waals surface area (Å²) in [5, 5.41) is 0. The van der Waals surface area contributed by atoms with Crippen LogP contribution in [0.1, 0.15) is 151 Å². The van der Waals surface area contributed by atoms with E-state index in [4.69, 9.17) is 28.4 Å². The van der Waals surface area contributed by atoms with E-state index in [9.17, 15) is 9.59 Å². The smallest absolute Gasteiger partial charge is 0.343 e. The van der Waals surface area contributed by atoms with Gasteiger partial charge < -0.3 is 28.4 Å². The lowest BCUT2D eigenvalue weighted by molar-refractivity contribution is 0.0724. The average Bonchev–Trinajstić information content (AvgIpc) is 4.06.